The molecule has 0 heterocycles. The van der Waals surface area contributed by atoms with Crippen LogP contribution in [0, 0.1) is 20.8 Å². The molecule has 0 bridgehead atoms. The summed E-state index contributed by atoms with van der Waals surface area (Å²) in [5.41, 5.74) is 6.47. The third kappa shape index (κ3) is 3.02. The van der Waals surface area contributed by atoms with Crippen molar-refractivity contribution in [3.8, 4) is 0 Å². The first kappa shape index (κ1) is 13.0. The lowest BCUT2D eigenvalue weighted by Gasteiger charge is -2.10. The van der Waals surface area contributed by atoms with Gasteiger partial charge in [-0.05, 0) is 44.4 Å². The summed E-state index contributed by atoms with van der Waals surface area (Å²) >= 11 is 0. The highest BCUT2D eigenvalue weighted by Gasteiger charge is 2.02. The van der Waals surface area contributed by atoms with Crippen LogP contribution >= 0.6 is 0 Å². The van der Waals surface area contributed by atoms with Crippen molar-refractivity contribution in [2.75, 3.05) is 0 Å². The van der Waals surface area contributed by atoms with E-state index >= 15 is 0 Å². The Kier molecular flexibility index (Phi) is 5.22. The van der Waals surface area contributed by atoms with E-state index in [4.69, 9.17) is 0 Å². The Morgan fingerprint density at radius 2 is 1.36 bits per heavy atom. The van der Waals surface area contributed by atoms with Gasteiger partial charge >= 0.3 is 0 Å². The number of benzene rings is 1. The molecule has 0 aliphatic carbocycles. The first-order valence-electron chi connectivity index (χ1n) is 5.26. The predicted octanol–water partition coefficient (Wildman–Crippen LogP) is 4.67. The summed E-state index contributed by atoms with van der Waals surface area (Å²) in [6.45, 7) is 16.4. The standard InChI is InChI=1S/C12H16.C2H6/c1-8(2)12-10(4)6-9(3)7-11(12)5;1-2/h6-7H,1H2,2-5H3;1-2H3. The Bertz CT molecular complexity index is 296. The van der Waals surface area contributed by atoms with Gasteiger partial charge in [0, 0.05) is 0 Å². The maximum atomic E-state index is 3.98. The molecule has 0 heteroatoms. The van der Waals surface area contributed by atoms with Gasteiger partial charge in [-0.2, -0.15) is 0 Å². The van der Waals surface area contributed by atoms with Crippen LogP contribution < -0.4 is 0 Å². The summed E-state index contributed by atoms with van der Waals surface area (Å²) < 4.78 is 0. The summed E-state index contributed by atoms with van der Waals surface area (Å²) in [6, 6.07) is 4.41. The summed E-state index contributed by atoms with van der Waals surface area (Å²) in [4.78, 5) is 0. The first-order valence-corrected chi connectivity index (χ1v) is 5.26. The summed E-state index contributed by atoms with van der Waals surface area (Å²) in [5, 5.41) is 0. The van der Waals surface area contributed by atoms with Crippen molar-refractivity contribution in [2.24, 2.45) is 0 Å². The van der Waals surface area contributed by atoms with Crippen LogP contribution in [0.15, 0.2) is 18.7 Å². The van der Waals surface area contributed by atoms with E-state index in [0.717, 1.165) is 5.57 Å². The number of aryl methyl sites for hydroxylation is 3. The van der Waals surface area contributed by atoms with Crippen molar-refractivity contribution in [1.29, 1.82) is 0 Å². The largest absolute Gasteiger partial charge is 0.0955 e. The Labute approximate surface area is 88.7 Å². The zero-order chi connectivity index (χ0) is 11.3. The van der Waals surface area contributed by atoms with E-state index in [1.807, 2.05) is 13.8 Å². The van der Waals surface area contributed by atoms with Crippen LogP contribution in [-0.2, 0) is 0 Å². The molecule has 0 nitrogen and oxygen atoms in total. The van der Waals surface area contributed by atoms with Crippen LogP contribution in [0.1, 0.15) is 43.0 Å². The fourth-order valence-electron chi connectivity index (χ4n) is 1.85. The van der Waals surface area contributed by atoms with Crippen LogP contribution in [0.4, 0.5) is 0 Å². The van der Waals surface area contributed by atoms with Crippen molar-refractivity contribution in [3.63, 3.8) is 0 Å². The molecule has 0 saturated carbocycles. The van der Waals surface area contributed by atoms with Crippen molar-refractivity contribution in [1.82, 2.24) is 0 Å². The van der Waals surface area contributed by atoms with E-state index in [2.05, 4.69) is 46.4 Å². The Hall–Kier alpha value is -1.04. The van der Waals surface area contributed by atoms with E-state index in [9.17, 15) is 0 Å². The molecule has 0 saturated heterocycles. The topological polar surface area (TPSA) is 0 Å². The second kappa shape index (κ2) is 5.64. The van der Waals surface area contributed by atoms with Gasteiger partial charge in [-0.15, -0.1) is 0 Å². The molecular formula is C14H22. The molecular weight excluding hydrogens is 168 g/mol. The van der Waals surface area contributed by atoms with E-state index in [0.29, 0.717) is 0 Å². The monoisotopic (exact) mass is 190 g/mol. The Morgan fingerprint density at radius 3 is 1.64 bits per heavy atom. The molecule has 0 unspecified atom stereocenters. The fourth-order valence-corrected chi connectivity index (χ4v) is 1.85. The van der Waals surface area contributed by atoms with E-state index in [1.54, 1.807) is 0 Å². The molecule has 14 heavy (non-hydrogen) atoms. The summed E-state index contributed by atoms with van der Waals surface area (Å²) in [6.07, 6.45) is 0. The molecule has 0 radical (unpaired) electrons. The van der Waals surface area contributed by atoms with Gasteiger partial charge < -0.3 is 0 Å². The maximum absolute atomic E-state index is 3.98. The van der Waals surface area contributed by atoms with Gasteiger partial charge in [0.2, 0.25) is 0 Å². The Morgan fingerprint density at radius 1 is 1.00 bits per heavy atom. The minimum absolute atomic E-state index is 1.16. The number of allylic oxidation sites excluding steroid dienone is 1. The van der Waals surface area contributed by atoms with Crippen molar-refractivity contribution in [3.05, 3.63) is 41.0 Å². The van der Waals surface area contributed by atoms with Crippen LogP contribution in [-0.4, -0.2) is 0 Å². The van der Waals surface area contributed by atoms with Gasteiger partial charge in [0.05, 0.1) is 0 Å². The third-order valence-electron chi connectivity index (χ3n) is 2.10. The quantitative estimate of drug-likeness (QED) is 0.603. The fraction of sp³-hybridized carbons (Fsp3) is 0.429. The lowest BCUT2D eigenvalue weighted by atomic mass is 9.95. The van der Waals surface area contributed by atoms with Gasteiger partial charge in [-0.25, -0.2) is 0 Å². The molecule has 0 aliphatic heterocycles. The van der Waals surface area contributed by atoms with Gasteiger partial charge in [0.25, 0.3) is 0 Å². The van der Waals surface area contributed by atoms with Crippen molar-refractivity contribution in [2.45, 2.75) is 41.5 Å². The highest BCUT2D eigenvalue weighted by Crippen LogP contribution is 2.22. The number of hydrogen-bond donors (Lipinski definition) is 0. The van der Waals surface area contributed by atoms with Crippen molar-refractivity contribution >= 4 is 5.57 Å². The van der Waals surface area contributed by atoms with Crippen LogP contribution in [0.3, 0.4) is 0 Å². The van der Waals surface area contributed by atoms with Gasteiger partial charge in [-0.1, -0.05) is 43.7 Å². The van der Waals surface area contributed by atoms with Gasteiger partial charge in [0.1, 0.15) is 0 Å². The van der Waals surface area contributed by atoms with E-state index in [-0.39, 0.29) is 0 Å². The van der Waals surface area contributed by atoms with Gasteiger partial charge in [0.15, 0.2) is 0 Å². The minimum atomic E-state index is 1.16. The van der Waals surface area contributed by atoms with Gasteiger partial charge in [-0.3, -0.25) is 0 Å². The molecule has 0 fully saturated rings. The molecule has 0 atom stereocenters. The average molecular weight is 190 g/mol. The van der Waals surface area contributed by atoms with Crippen LogP contribution in [0.2, 0.25) is 0 Å². The van der Waals surface area contributed by atoms with Crippen molar-refractivity contribution < 1.29 is 0 Å². The summed E-state index contributed by atoms with van der Waals surface area (Å²) in [5.74, 6) is 0. The molecule has 1 aromatic rings. The smallest absolute Gasteiger partial charge is 0.0174 e. The highest BCUT2D eigenvalue weighted by atomic mass is 14.1. The maximum Gasteiger partial charge on any atom is -0.0174 e. The minimum Gasteiger partial charge on any atom is -0.0955 e. The summed E-state index contributed by atoms with van der Waals surface area (Å²) in [7, 11) is 0. The zero-order valence-electron chi connectivity index (χ0n) is 10.4. The average Bonchev–Trinajstić information content (AvgIpc) is 2.04. The molecule has 0 N–H and O–H groups in total. The van der Waals surface area contributed by atoms with Crippen LogP contribution in [0.5, 0.6) is 0 Å². The molecule has 0 amide bonds. The highest BCUT2D eigenvalue weighted by molar-refractivity contribution is 5.67. The van der Waals surface area contributed by atoms with E-state index in [1.165, 1.54) is 22.3 Å². The third-order valence-corrected chi connectivity index (χ3v) is 2.10. The molecule has 0 aromatic heterocycles. The normalized spacial score (nSPS) is 9.00. The number of rotatable bonds is 1. The molecule has 1 rings (SSSR count). The zero-order valence-corrected chi connectivity index (χ0v) is 10.4. The lowest BCUT2D eigenvalue weighted by molar-refractivity contribution is 1.28. The second-order valence-electron chi connectivity index (χ2n) is 3.55. The second-order valence-corrected chi connectivity index (χ2v) is 3.55. The lowest BCUT2D eigenvalue weighted by Crippen LogP contribution is -1.91. The predicted molar refractivity (Wildman–Crippen MR) is 66.7 cm³/mol. The first-order chi connectivity index (χ1) is 6.52. The molecule has 1 aromatic carbocycles. The number of hydrogen-bond acceptors (Lipinski definition) is 0. The molecule has 0 spiro atoms. The SMILES string of the molecule is C=C(C)c1c(C)cc(C)cc1C.CC. The molecule has 0 aliphatic rings. The Balaban J connectivity index is 0.000000791. The van der Waals surface area contributed by atoms with E-state index < -0.39 is 0 Å². The van der Waals surface area contributed by atoms with Crippen LogP contribution in [0.25, 0.3) is 5.57 Å². The molecule has 78 valence electrons.